The minimum Gasteiger partial charge on any atom is -0.496 e. The molecule has 2 aromatic rings. The molecule has 1 heterocycles. The maximum absolute atomic E-state index is 12.4. The summed E-state index contributed by atoms with van der Waals surface area (Å²) in [6.45, 7) is 3.88. The Labute approximate surface area is 203 Å². The quantitative estimate of drug-likeness (QED) is 0.311. The number of carbonyl (C=O) groups is 3. The molecule has 2 amide bonds. The SMILES string of the molecule is CNC(=O)Nc1c(CC=C(C)CCC(=O)Oc2ccccc2Cl)c(OC)c(C)c2c1C(=O)OC2. The average molecular weight is 487 g/mol. The molecule has 0 aliphatic carbocycles. The highest BCUT2D eigenvalue weighted by atomic mass is 35.5. The van der Waals surface area contributed by atoms with E-state index in [9.17, 15) is 14.4 Å². The van der Waals surface area contributed by atoms with Gasteiger partial charge in [-0.05, 0) is 44.4 Å². The maximum atomic E-state index is 12.4. The summed E-state index contributed by atoms with van der Waals surface area (Å²) < 4.78 is 16.2. The van der Waals surface area contributed by atoms with E-state index in [1.165, 1.54) is 7.05 Å². The number of allylic oxidation sites excluding steroid dienone is 2. The number of hydrogen-bond acceptors (Lipinski definition) is 6. The first-order valence-electron chi connectivity index (χ1n) is 10.8. The van der Waals surface area contributed by atoms with Crippen molar-refractivity contribution in [2.75, 3.05) is 19.5 Å². The number of anilines is 1. The van der Waals surface area contributed by atoms with Crippen LogP contribution in [0.3, 0.4) is 0 Å². The van der Waals surface area contributed by atoms with Gasteiger partial charge in [0.25, 0.3) is 0 Å². The van der Waals surface area contributed by atoms with Crippen molar-refractivity contribution in [1.29, 1.82) is 0 Å². The molecule has 180 valence electrons. The molecule has 1 aliphatic rings. The normalized spacial score (nSPS) is 12.6. The maximum Gasteiger partial charge on any atom is 0.341 e. The molecule has 34 heavy (non-hydrogen) atoms. The third kappa shape index (κ3) is 5.51. The number of nitrogens with one attached hydrogen (secondary N) is 2. The first kappa shape index (κ1) is 25.1. The molecular weight excluding hydrogens is 460 g/mol. The minimum absolute atomic E-state index is 0.126. The Kier molecular flexibility index (Phi) is 8.17. The molecule has 0 spiro atoms. The highest BCUT2D eigenvalue weighted by Gasteiger charge is 2.32. The van der Waals surface area contributed by atoms with Gasteiger partial charge in [-0.2, -0.15) is 0 Å². The van der Waals surface area contributed by atoms with Crippen molar-refractivity contribution in [3.8, 4) is 11.5 Å². The molecular formula is C25H27ClN2O6. The standard InChI is InChI=1S/C25H27ClN2O6/c1-14(10-12-20(29)34-19-8-6-5-7-18(19)26)9-11-16-22(28-25(31)27-3)21-17(13-33-24(21)30)15(2)23(16)32-4/h5-9H,10-13H2,1-4H3,(H2,27,28,31). The van der Waals surface area contributed by atoms with Gasteiger partial charge in [0.05, 0.1) is 23.4 Å². The Morgan fingerprint density at radius 3 is 2.65 bits per heavy atom. The lowest BCUT2D eigenvalue weighted by Gasteiger charge is -2.19. The van der Waals surface area contributed by atoms with Crippen LogP contribution >= 0.6 is 11.6 Å². The van der Waals surface area contributed by atoms with Crippen LogP contribution in [0.15, 0.2) is 35.9 Å². The predicted octanol–water partition coefficient (Wildman–Crippen LogP) is 4.95. The molecule has 9 heteroatoms. The summed E-state index contributed by atoms with van der Waals surface area (Å²) in [5.41, 5.74) is 3.77. The summed E-state index contributed by atoms with van der Waals surface area (Å²) in [4.78, 5) is 36.8. The lowest BCUT2D eigenvalue weighted by molar-refractivity contribution is -0.134. The highest BCUT2D eigenvalue weighted by molar-refractivity contribution is 6.32. The second kappa shape index (κ2) is 11.1. The molecule has 2 N–H and O–H groups in total. The fourth-order valence-corrected chi connectivity index (χ4v) is 3.92. The average Bonchev–Trinajstić information content (AvgIpc) is 3.21. The van der Waals surface area contributed by atoms with E-state index in [2.05, 4.69) is 10.6 Å². The van der Waals surface area contributed by atoms with E-state index >= 15 is 0 Å². The van der Waals surface area contributed by atoms with Crippen LogP contribution in [-0.4, -0.2) is 32.1 Å². The van der Waals surface area contributed by atoms with Gasteiger partial charge < -0.3 is 24.8 Å². The van der Waals surface area contributed by atoms with Gasteiger partial charge in [-0.15, -0.1) is 0 Å². The van der Waals surface area contributed by atoms with Crippen LogP contribution in [-0.2, 0) is 22.6 Å². The Bertz CT molecular complexity index is 1160. The molecule has 2 aromatic carbocycles. The summed E-state index contributed by atoms with van der Waals surface area (Å²) in [7, 11) is 3.03. The number of para-hydroxylation sites is 1. The number of urea groups is 1. The van der Waals surface area contributed by atoms with Crippen LogP contribution < -0.4 is 20.1 Å². The lowest BCUT2D eigenvalue weighted by atomic mass is 9.93. The number of hydrogen-bond donors (Lipinski definition) is 2. The van der Waals surface area contributed by atoms with Crippen molar-refractivity contribution in [3.63, 3.8) is 0 Å². The Morgan fingerprint density at radius 1 is 1.24 bits per heavy atom. The van der Waals surface area contributed by atoms with E-state index < -0.39 is 18.0 Å². The fourth-order valence-electron chi connectivity index (χ4n) is 3.75. The van der Waals surface area contributed by atoms with E-state index in [-0.39, 0.29) is 13.0 Å². The van der Waals surface area contributed by atoms with E-state index in [1.54, 1.807) is 31.4 Å². The molecule has 0 saturated carbocycles. The third-order valence-electron chi connectivity index (χ3n) is 5.58. The van der Waals surface area contributed by atoms with Crippen molar-refractivity contribution in [2.45, 2.75) is 39.7 Å². The van der Waals surface area contributed by atoms with Gasteiger partial charge in [0.2, 0.25) is 0 Å². The Hall–Kier alpha value is -3.52. The Balaban J connectivity index is 1.81. The van der Waals surface area contributed by atoms with E-state index in [1.807, 2.05) is 19.9 Å². The fraction of sp³-hybridized carbons (Fsp3) is 0.320. The van der Waals surface area contributed by atoms with Crippen molar-refractivity contribution in [3.05, 3.63) is 63.2 Å². The van der Waals surface area contributed by atoms with Crippen molar-refractivity contribution in [2.24, 2.45) is 0 Å². The van der Waals surface area contributed by atoms with Gasteiger partial charge in [0.15, 0.2) is 0 Å². The van der Waals surface area contributed by atoms with Gasteiger partial charge in [-0.3, -0.25) is 4.79 Å². The molecule has 0 saturated heterocycles. The zero-order valence-corrected chi connectivity index (χ0v) is 20.3. The van der Waals surface area contributed by atoms with Crippen LogP contribution in [0, 0.1) is 6.92 Å². The van der Waals surface area contributed by atoms with Gasteiger partial charge in [0, 0.05) is 24.6 Å². The largest absolute Gasteiger partial charge is 0.496 e. The highest BCUT2D eigenvalue weighted by Crippen LogP contribution is 2.41. The number of carbonyl (C=O) groups excluding carboxylic acids is 3. The van der Waals surface area contributed by atoms with Crippen LogP contribution in [0.1, 0.15) is 46.8 Å². The van der Waals surface area contributed by atoms with Gasteiger partial charge in [0.1, 0.15) is 18.1 Å². The zero-order chi connectivity index (χ0) is 24.8. The van der Waals surface area contributed by atoms with E-state index in [0.717, 1.165) is 11.1 Å². The van der Waals surface area contributed by atoms with Gasteiger partial charge in [-0.25, -0.2) is 9.59 Å². The van der Waals surface area contributed by atoms with Gasteiger partial charge in [-0.1, -0.05) is 35.4 Å². The first-order chi connectivity index (χ1) is 16.3. The third-order valence-corrected chi connectivity index (χ3v) is 5.89. The molecule has 3 rings (SSSR count). The van der Waals surface area contributed by atoms with Gasteiger partial charge >= 0.3 is 18.0 Å². The van der Waals surface area contributed by atoms with Crippen molar-refractivity contribution in [1.82, 2.24) is 5.32 Å². The Morgan fingerprint density at radius 2 is 1.97 bits per heavy atom. The van der Waals surface area contributed by atoms with Crippen LogP contribution in [0.2, 0.25) is 5.02 Å². The number of ether oxygens (including phenoxy) is 3. The number of fused-ring (bicyclic) bond motifs is 1. The number of esters is 2. The summed E-state index contributed by atoms with van der Waals surface area (Å²) in [6, 6.07) is 6.33. The lowest BCUT2D eigenvalue weighted by Crippen LogP contribution is -2.26. The number of amides is 2. The van der Waals surface area contributed by atoms with E-state index in [4.69, 9.17) is 25.8 Å². The van der Waals surface area contributed by atoms with Crippen LogP contribution in [0.4, 0.5) is 10.5 Å². The van der Waals surface area contributed by atoms with Crippen LogP contribution in [0.25, 0.3) is 0 Å². The summed E-state index contributed by atoms with van der Waals surface area (Å²) in [6.07, 6.45) is 2.94. The predicted molar refractivity (Wildman–Crippen MR) is 129 cm³/mol. The summed E-state index contributed by atoms with van der Waals surface area (Å²) in [5, 5.41) is 5.63. The first-order valence-corrected chi connectivity index (χ1v) is 11.1. The molecule has 8 nitrogen and oxygen atoms in total. The zero-order valence-electron chi connectivity index (χ0n) is 19.5. The number of cyclic esters (lactones) is 1. The van der Waals surface area contributed by atoms with E-state index in [0.29, 0.717) is 51.7 Å². The second-order valence-corrected chi connectivity index (χ2v) is 8.21. The summed E-state index contributed by atoms with van der Waals surface area (Å²) >= 11 is 6.03. The second-order valence-electron chi connectivity index (χ2n) is 7.80. The van der Waals surface area contributed by atoms with Crippen LogP contribution in [0.5, 0.6) is 11.5 Å². The topological polar surface area (TPSA) is 103 Å². The molecule has 0 fully saturated rings. The van der Waals surface area contributed by atoms with Crippen molar-refractivity contribution < 1.29 is 28.6 Å². The smallest absolute Gasteiger partial charge is 0.341 e. The summed E-state index contributed by atoms with van der Waals surface area (Å²) in [5.74, 6) is 0.0181. The van der Waals surface area contributed by atoms with Crippen molar-refractivity contribution >= 4 is 35.3 Å². The number of rotatable bonds is 8. The minimum atomic E-state index is -0.489. The number of methoxy groups -OCH3 is 1. The number of benzene rings is 2. The molecule has 0 bridgehead atoms. The molecule has 1 aliphatic heterocycles. The molecule has 0 radical (unpaired) electrons. The monoisotopic (exact) mass is 486 g/mol. The molecule has 0 atom stereocenters. The molecule has 0 unspecified atom stereocenters. The number of halogens is 1. The molecule has 0 aromatic heterocycles.